The Balaban J connectivity index is 0.00000261. The molecule has 10 heteroatoms. The lowest BCUT2D eigenvalue weighted by Gasteiger charge is -2.21. The maximum Gasteiger partial charge on any atom is 0.349 e. The minimum atomic E-state index is -0.603. The quantitative estimate of drug-likeness (QED) is 0.699. The number of hydrogen-bond donors (Lipinski definition) is 2. The summed E-state index contributed by atoms with van der Waals surface area (Å²) in [5, 5.41) is 13.1. The predicted octanol–water partition coefficient (Wildman–Crippen LogP) is 1.34. The molecular formula is C17H23ClN4O5. The average Bonchev–Trinajstić information content (AvgIpc) is 3.04. The molecule has 0 radical (unpaired) electrons. The monoisotopic (exact) mass is 398 g/mol. The number of ether oxygens (including phenoxy) is 1. The largest absolute Gasteiger partial charge is 0.472 e. The van der Waals surface area contributed by atoms with E-state index >= 15 is 0 Å². The van der Waals surface area contributed by atoms with Crippen LogP contribution in [0.15, 0.2) is 19.9 Å². The Labute approximate surface area is 162 Å². The molecule has 1 saturated heterocycles. The zero-order valence-corrected chi connectivity index (χ0v) is 16.1. The molecule has 148 valence electrons. The second kappa shape index (κ2) is 9.52. The summed E-state index contributed by atoms with van der Waals surface area (Å²) in [5.41, 5.74) is 0.571. The lowest BCUT2D eigenvalue weighted by atomic mass is 9.94. The molecule has 2 N–H and O–H groups in total. The number of aryl methyl sites for hydroxylation is 2. The zero-order chi connectivity index (χ0) is 18.5. The fourth-order valence-corrected chi connectivity index (χ4v) is 2.97. The molecule has 9 nitrogen and oxygen atoms in total. The summed E-state index contributed by atoms with van der Waals surface area (Å²) in [7, 11) is 0. The van der Waals surface area contributed by atoms with E-state index in [1.807, 2.05) is 0 Å². The van der Waals surface area contributed by atoms with Gasteiger partial charge >= 0.3 is 5.63 Å². The van der Waals surface area contributed by atoms with Crippen LogP contribution < -0.4 is 21.0 Å². The molecule has 3 heterocycles. The third kappa shape index (κ3) is 5.08. The fraction of sp³-hybridized carbons (Fsp3) is 0.529. The molecule has 27 heavy (non-hydrogen) atoms. The van der Waals surface area contributed by atoms with Crippen molar-refractivity contribution in [2.24, 2.45) is 0 Å². The summed E-state index contributed by atoms with van der Waals surface area (Å²) >= 11 is 0. The van der Waals surface area contributed by atoms with Gasteiger partial charge in [-0.2, -0.15) is 0 Å². The van der Waals surface area contributed by atoms with Gasteiger partial charge < -0.3 is 19.8 Å². The number of nitrogens with one attached hydrogen (secondary N) is 2. The van der Waals surface area contributed by atoms with Gasteiger partial charge in [0.15, 0.2) is 0 Å². The first-order valence-electron chi connectivity index (χ1n) is 8.61. The molecule has 1 aliphatic heterocycles. The van der Waals surface area contributed by atoms with Gasteiger partial charge in [-0.1, -0.05) is 5.16 Å². The number of amides is 1. The first-order valence-corrected chi connectivity index (χ1v) is 8.61. The molecule has 1 amide bonds. The van der Waals surface area contributed by atoms with Gasteiger partial charge in [0.25, 0.3) is 11.8 Å². The van der Waals surface area contributed by atoms with E-state index in [9.17, 15) is 9.59 Å². The van der Waals surface area contributed by atoms with Crippen molar-refractivity contribution in [2.45, 2.75) is 32.6 Å². The van der Waals surface area contributed by atoms with E-state index in [0.29, 0.717) is 17.0 Å². The van der Waals surface area contributed by atoms with Crippen LogP contribution in [0.1, 0.15) is 46.1 Å². The molecule has 0 atom stereocenters. The Bertz CT molecular complexity index is 829. The van der Waals surface area contributed by atoms with E-state index in [1.165, 1.54) is 0 Å². The molecule has 1 fully saturated rings. The number of aromatic nitrogens is 2. The molecule has 2 aromatic rings. The van der Waals surface area contributed by atoms with Gasteiger partial charge in [-0.3, -0.25) is 4.79 Å². The van der Waals surface area contributed by atoms with E-state index in [4.69, 9.17) is 9.15 Å². The van der Waals surface area contributed by atoms with Gasteiger partial charge in [0.2, 0.25) is 0 Å². The maximum atomic E-state index is 12.3. The summed E-state index contributed by atoms with van der Waals surface area (Å²) in [4.78, 5) is 24.6. The van der Waals surface area contributed by atoms with Crippen LogP contribution in [0.5, 0.6) is 5.88 Å². The Morgan fingerprint density at radius 2 is 2.07 bits per heavy atom. The Morgan fingerprint density at radius 1 is 1.33 bits per heavy atom. The number of piperidine rings is 1. The zero-order valence-electron chi connectivity index (χ0n) is 15.2. The van der Waals surface area contributed by atoms with Crippen molar-refractivity contribution in [1.29, 1.82) is 0 Å². The highest BCUT2D eigenvalue weighted by Crippen LogP contribution is 2.25. The second-order valence-corrected chi connectivity index (χ2v) is 6.28. The molecule has 0 aliphatic carbocycles. The maximum absolute atomic E-state index is 12.3. The van der Waals surface area contributed by atoms with Crippen molar-refractivity contribution in [3.63, 3.8) is 0 Å². The molecule has 3 rings (SSSR count). The molecule has 0 saturated carbocycles. The van der Waals surface area contributed by atoms with E-state index in [-0.39, 0.29) is 42.9 Å². The van der Waals surface area contributed by atoms with E-state index in [1.54, 1.807) is 19.9 Å². The number of nitrogens with zero attached hydrogens (tertiary/aromatic N) is 2. The third-order valence-electron chi connectivity index (χ3n) is 4.37. The van der Waals surface area contributed by atoms with Crippen LogP contribution in [0.3, 0.4) is 0 Å². The highest BCUT2D eigenvalue weighted by molar-refractivity contribution is 5.95. The van der Waals surface area contributed by atoms with E-state index < -0.39 is 11.5 Å². The van der Waals surface area contributed by atoms with Crippen molar-refractivity contribution >= 4 is 18.3 Å². The number of rotatable bonds is 6. The molecule has 2 aromatic heterocycles. The summed E-state index contributed by atoms with van der Waals surface area (Å²) in [5.74, 6) is 0.670. The first kappa shape index (κ1) is 20.9. The summed E-state index contributed by atoms with van der Waals surface area (Å²) in [6.45, 7) is 5.63. The molecule has 0 spiro atoms. The van der Waals surface area contributed by atoms with E-state index in [2.05, 4.69) is 25.6 Å². The number of hydrogen-bond acceptors (Lipinski definition) is 8. The van der Waals surface area contributed by atoms with Crippen LogP contribution in [0.4, 0.5) is 0 Å². The molecular weight excluding hydrogens is 376 g/mol. The lowest BCUT2D eigenvalue weighted by Crippen LogP contribution is -2.33. The first-order chi connectivity index (χ1) is 12.6. The lowest BCUT2D eigenvalue weighted by molar-refractivity contribution is 0.0941. The van der Waals surface area contributed by atoms with Gasteiger partial charge in [-0.05, 0) is 56.6 Å². The third-order valence-corrected chi connectivity index (χ3v) is 4.37. The van der Waals surface area contributed by atoms with Crippen LogP contribution in [0, 0.1) is 13.8 Å². The van der Waals surface area contributed by atoms with Gasteiger partial charge in [0, 0.05) is 5.92 Å². The molecule has 1 aliphatic rings. The Kier molecular flexibility index (Phi) is 7.37. The van der Waals surface area contributed by atoms with Crippen LogP contribution in [-0.2, 0) is 0 Å². The smallest absolute Gasteiger partial charge is 0.349 e. The highest BCUT2D eigenvalue weighted by atomic mass is 35.5. The van der Waals surface area contributed by atoms with E-state index in [0.717, 1.165) is 25.9 Å². The predicted molar refractivity (Wildman–Crippen MR) is 98.7 cm³/mol. The topological polar surface area (TPSA) is 119 Å². The molecule has 0 unspecified atom stereocenters. The van der Waals surface area contributed by atoms with Crippen LogP contribution in [0.2, 0.25) is 0 Å². The SMILES string of the molecule is Cc1cc(C2CCNCC2)oc(=O)c1C(=O)NCCOc1nonc1C.Cl. The molecule has 0 bridgehead atoms. The summed E-state index contributed by atoms with van der Waals surface area (Å²) < 4.78 is 15.3. The van der Waals surface area contributed by atoms with Gasteiger partial charge in [-0.25, -0.2) is 9.42 Å². The van der Waals surface area contributed by atoms with Crippen LogP contribution in [-0.4, -0.2) is 42.5 Å². The minimum absolute atomic E-state index is 0. The van der Waals surface area contributed by atoms with Gasteiger partial charge in [-0.15, -0.1) is 12.4 Å². The van der Waals surface area contributed by atoms with Crippen LogP contribution >= 0.6 is 12.4 Å². The standard InChI is InChI=1S/C17H22N4O5.ClH/c1-10-9-13(12-3-5-18-6-4-12)25-17(23)14(10)15(22)19-7-8-24-16-11(2)20-26-21-16;/h9,12,18H,3-8H2,1-2H3,(H,19,22);1H. The van der Waals surface area contributed by atoms with Gasteiger partial charge in [0.05, 0.1) is 6.54 Å². The normalized spacial score (nSPS) is 14.4. The highest BCUT2D eigenvalue weighted by Gasteiger charge is 2.22. The number of carbonyl (C=O) groups excluding carboxylic acids is 1. The molecule has 0 aromatic carbocycles. The number of carbonyl (C=O) groups is 1. The Hall–Kier alpha value is -2.39. The van der Waals surface area contributed by atoms with Crippen molar-refractivity contribution in [3.05, 3.63) is 39.1 Å². The van der Waals surface area contributed by atoms with Crippen molar-refractivity contribution < 1.29 is 18.6 Å². The number of halogens is 1. The second-order valence-electron chi connectivity index (χ2n) is 6.28. The van der Waals surface area contributed by atoms with Crippen molar-refractivity contribution in [2.75, 3.05) is 26.2 Å². The van der Waals surface area contributed by atoms with Crippen LogP contribution in [0.25, 0.3) is 0 Å². The Morgan fingerprint density at radius 3 is 2.70 bits per heavy atom. The van der Waals surface area contributed by atoms with Crippen molar-refractivity contribution in [3.8, 4) is 5.88 Å². The minimum Gasteiger partial charge on any atom is -0.472 e. The van der Waals surface area contributed by atoms with Crippen molar-refractivity contribution in [1.82, 2.24) is 20.9 Å². The summed E-state index contributed by atoms with van der Waals surface area (Å²) in [6.07, 6.45) is 1.84. The fourth-order valence-electron chi connectivity index (χ4n) is 2.97. The summed E-state index contributed by atoms with van der Waals surface area (Å²) in [6, 6.07) is 1.80. The average molecular weight is 399 g/mol. The van der Waals surface area contributed by atoms with Gasteiger partial charge in [0.1, 0.15) is 23.6 Å².